The fraction of sp³-hybridized carbons (Fsp3) is 0.111. The summed E-state index contributed by atoms with van der Waals surface area (Å²) in [7, 11) is 0. The summed E-state index contributed by atoms with van der Waals surface area (Å²) in [6.45, 7) is 1.70. The quantitative estimate of drug-likeness (QED) is 0.441. The Balaban J connectivity index is 1.88. The second-order valence-electron chi connectivity index (χ2n) is 5.10. The second-order valence-corrected chi connectivity index (χ2v) is 5.91. The minimum atomic E-state index is -0.356. The summed E-state index contributed by atoms with van der Waals surface area (Å²) in [4.78, 5) is 23.7. The van der Waals surface area contributed by atoms with Crippen molar-refractivity contribution in [2.75, 3.05) is 0 Å². The molecule has 0 amide bonds. The second kappa shape index (κ2) is 6.67. The molecule has 0 N–H and O–H groups in total. The van der Waals surface area contributed by atoms with Gasteiger partial charge in [-0.2, -0.15) is 0 Å². The fourth-order valence-corrected chi connectivity index (χ4v) is 2.49. The lowest BCUT2D eigenvalue weighted by atomic mass is 10.1. The lowest BCUT2D eigenvalue weighted by Gasteiger charge is -2.04. The molecule has 0 fully saturated rings. The Hall–Kier alpha value is -2.30. The van der Waals surface area contributed by atoms with Crippen LogP contribution in [0.2, 0.25) is 10.0 Å². The summed E-state index contributed by atoms with van der Waals surface area (Å²) in [5.74, 6) is 0.259. The molecule has 2 aromatic carbocycles. The largest absolute Gasteiger partial charge is 0.452 e. The molecular weight excluding hydrogens is 351 g/mol. The van der Waals surface area contributed by atoms with Gasteiger partial charge in [0.15, 0.2) is 5.76 Å². The summed E-state index contributed by atoms with van der Waals surface area (Å²) in [5, 5.41) is 0.825. The minimum absolute atomic E-state index is 0.169. The number of allylic oxidation sites excluding steroid dienone is 1. The average molecular weight is 363 g/mol. The van der Waals surface area contributed by atoms with Crippen molar-refractivity contribution in [1.82, 2.24) is 0 Å². The molecule has 24 heavy (non-hydrogen) atoms. The maximum Gasteiger partial charge on any atom is 0.310 e. The van der Waals surface area contributed by atoms with E-state index in [-0.39, 0.29) is 23.9 Å². The molecule has 1 heterocycles. The molecule has 6 heteroatoms. The van der Waals surface area contributed by atoms with Crippen molar-refractivity contribution in [2.24, 2.45) is 0 Å². The number of benzene rings is 2. The summed E-state index contributed by atoms with van der Waals surface area (Å²) < 4.78 is 10.7. The third-order valence-electron chi connectivity index (χ3n) is 3.40. The number of esters is 1. The van der Waals surface area contributed by atoms with E-state index >= 15 is 0 Å². The maximum atomic E-state index is 12.4. The molecule has 0 bridgehead atoms. The molecule has 0 aliphatic carbocycles. The van der Waals surface area contributed by atoms with Crippen LogP contribution in [-0.2, 0) is 4.79 Å². The molecular formula is C18H12Cl2O4. The van der Waals surface area contributed by atoms with E-state index in [1.54, 1.807) is 43.3 Å². The lowest BCUT2D eigenvalue weighted by Crippen LogP contribution is -2.05. The highest BCUT2D eigenvalue weighted by Gasteiger charge is 2.28. The molecule has 0 atom stereocenters. The van der Waals surface area contributed by atoms with Gasteiger partial charge in [0.1, 0.15) is 11.5 Å². The third-order valence-corrected chi connectivity index (χ3v) is 4.14. The monoisotopic (exact) mass is 362 g/mol. The number of fused-ring (bicyclic) bond motifs is 1. The topological polar surface area (TPSA) is 52.6 Å². The molecule has 0 unspecified atom stereocenters. The minimum Gasteiger partial charge on any atom is -0.452 e. The van der Waals surface area contributed by atoms with Crippen LogP contribution in [0.4, 0.5) is 0 Å². The van der Waals surface area contributed by atoms with Crippen molar-refractivity contribution in [3.8, 4) is 11.5 Å². The van der Waals surface area contributed by atoms with Gasteiger partial charge in [-0.1, -0.05) is 36.2 Å². The third kappa shape index (κ3) is 3.30. The molecule has 0 saturated heterocycles. The number of hydrogen-bond donors (Lipinski definition) is 0. The number of Topliss-reactive ketones (excluding diaryl/α,β-unsaturated/α-hetero) is 1. The zero-order valence-corrected chi connectivity index (χ0v) is 14.1. The van der Waals surface area contributed by atoms with Crippen molar-refractivity contribution in [1.29, 1.82) is 0 Å². The van der Waals surface area contributed by atoms with Gasteiger partial charge in [0, 0.05) is 12.5 Å². The number of ether oxygens (including phenoxy) is 2. The first-order valence-corrected chi connectivity index (χ1v) is 7.97. The zero-order chi connectivity index (χ0) is 17.3. The van der Waals surface area contributed by atoms with Gasteiger partial charge in [-0.25, -0.2) is 0 Å². The Labute approximate surface area is 148 Å². The van der Waals surface area contributed by atoms with Crippen molar-refractivity contribution in [3.05, 3.63) is 63.3 Å². The Morgan fingerprint density at radius 3 is 2.67 bits per heavy atom. The van der Waals surface area contributed by atoms with Crippen LogP contribution >= 0.6 is 23.2 Å². The van der Waals surface area contributed by atoms with Crippen LogP contribution in [-0.4, -0.2) is 11.8 Å². The molecule has 3 rings (SSSR count). The predicted octanol–water partition coefficient (Wildman–Crippen LogP) is 4.93. The van der Waals surface area contributed by atoms with E-state index in [1.165, 1.54) is 6.07 Å². The number of halogens is 2. The van der Waals surface area contributed by atoms with Crippen molar-refractivity contribution < 1.29 is 19.1 Å². The summed E-state index contributed by atoms with van der Waals surface area (Å²) >= 11 is 11.8. The van der Waals surface area contributed by atoms with Gasteiger partial charge >= 0.3 is 5.97 Å². The van der Waals surface area contributed by atoms with Gasteiger partial charge < -0.3 is 9.47 Å². The molecule has 1 aliphatic heterocycles. The predicted molar refractivity (Wildman–Crippen MR) is 91.8 cm³/mol. The normalized spacial score (nSPS) is 14.5. The first kappa shape index (κ1) is 16.6. The van der Waals surface area contributed by atoms with Gasteiger partial charge in [-0.05, 0) is 35.9 Å². The number of carbonyl (C=O) groups excluding carboxylic acids is 2. The highest BCUT2D eigenvalue weighted by molar-refractivity contribution is 6.42. The number of carbonyl (C=O) groups is 2. The number of rotatable bonds is 3. The summed E-state index contributed by atoms with van der Waals surface area (Å²) in [6.07, 6.45) is 1.85. The standard InChI is InChI=1S/C18H12Cl2O4/c1-2-17(21)23-11-4-5-12-15(9-11)24-16(18(12)22)8-10-3-6-13(19)14(20)7-10/h3-9H,2H2,1H3. The van der Waals surface area contributed by atoms with Crippen molar-refractivity contribution in [2.45, 2.75) is 13.3 Å². The molecule has 0 radical (unpaired) electrons. The van der Waals surface area contributed by atoms with Crippen LogP contribution in [0.5, 0.6) is 11.5 Å². The van der Waals surface area contributed by atoms with E-state index in [0.717, 1.165) is 0 Å². The van der Waals surface area contributed by atoms with Crippen molar-refractivity contribution >= 4 is 41.0 Å². The molecule has 0 spiro atoms. The fourth-order valence-electron chi connectivity index (χ4n) is 2.19. The van der Waals surface area contributed by atoms with E-state index in [2.05, 4.69) is 0 Å². The average Bonchev–Trinajstić information content (AvgIpc) is 2.86. The zero-order valence-electron chi connectivity index (χ0n) is 12.6. The first-order chi connectivity index (χ1) is 11.5. The molecule has 4 nitrogen and oxygen atoms in total. The Bertz CT molecular complexity index is 871. The van der Waals surface area contributed by atoms with E-state index in [9.17, 15) is 9.59 Å². The smallest absolute Gasteiger partial charge is 0.310 e. The molecule has 0 saturated carbocycles. The van der Waals surface area contributed by atoms with Gasteiger partial charge in [0.05, 0.1) is 15.6 Å². The van der Waals surface area contributed by atoms with Crippen LogP contribution in [0.3, 0.4) is 0 Å². The Morgan fingerprint density at radius 1 is 1.17 bits per heavy atom. The maximum absolute atomic E-state index is 12.4. The number of hydrogen-bond acceptors (Lipinski definition) is 4. The number of ketones is 1. The molecule has 0 aromatic heterocycles. The van der Waals surface area contributed by atoms with Gasteiger partial charge in [0.2, 0.25) is 5.78 Å². The van der Waals surface area contributed by atoms with Crippen LogP contribution in [0, 0.1) is 0 Å². The first-order valence-electron chi connectivity index (χ1n) is 7.22. The van der Waals surface area contributed by atoms with Crippen LogP contribution in [0.1, 0.15) is 29.3 Å². The van der Waals surface area contributed by atoms with Gasteiger partial charge in [-0.3, -0.25) is 9.59 Å². The van der Waals surface area contributed by atoms with Gasteiger partial charge in [0.25, 0.3) is 0 Å². The Kier molecular flexibility index (Phi) is 4.60. The Morgan fingerprint density at radius 2 is 1.96 bits per heavy atom. The molecule has 2 aromatic rings. The summed E-state index contributed by atoms with van der Waals surface area (Å²) in [5.41, 5.74) is 1.11. The SMILES string of the molecule is CCC(=O)Oc1ccc2c(c1)OC(=Cc1ccc(Cl)c(Cl)c1)C2=O. The van der Waals surface area contributed by atoms with E-state index in [0.29, 0.717) is 32.7 Å². The van der Waals surface area contributed by atoms with Crippen LogP contribution in [0.15, 0.2) is 42.2 Å². The lowest BCUT2D eigenvalue weighted by molar-refractivity contribution is -0.134. The summed E-state index contributed by atoms with van der Waals surface area (Å²) in [6, 6.07) is 9.68. The highest BCUT2D eigenvalue weighted by Crippen LogP contribution is 2.35. The highest BCUT2D eigenvalue weighted by atomic mass is 35.5. The van der Waals surface area contributed by atoms with E-state index < -0.39 is 0 Å². The van der Waals surface area contributed by atoms with E-state index in [1.807, 2.05) is 0 Å². The molecule has 122 valence electrons. The van der Waals surface area contributed by atoms with E-state index in [4.69, 9.17) is 32.7 Å². The van der Waals surface area contributed by atoms with Crippen LogP contribution in [0.25, 0.3) is 6.08 Å². The van der Waals surface area contributed by atoms with Crippen LogP contribution < -0.4 is 9.47 Å². The van der Waals surface area contributed by atoms with Gasteiger partial charge in [-0.15, -0.1) is 0 Å². The molecule has 1 aliphatic rings. The van der Waals surface area contributed by atoms with Crippen molar-refractivity contribution in [3.63, 3.8) is 0 Å².